The third-order valence-corrected chi connectivity index (χ3v) is 1.45. The molecule has 0 aliphatic rings. The maximum absolute atomic E-state index is 11.1. The van der Waals surface area contributed by atoms with Crippen molar-refractivity contribution < 1.29 is 14.6 Å². The molecule has 14 heavy (non-hydrogen) atoms. The summed E-state index contributed by atoms with van der Waals surface area (Å²) in [5.41, 5.74) is 0.0589. The Labute approximate surface area is 85.0 Å². The molecule has 0 aliphatic carbocycles. The Morgan fingerprint density at radius 1 is 1.57 bits per heavy atom. The van der Waals surface area contributed by atoms with Crippen LogP contribution in [0.3, 0.4) is 0 Å². The van der Waals surface area contributed by atoms with Gasteiger partial charge >= 0.3 is 0 Å². The monoisotopic (exact) mass is 201 g/mol. The van der Waals surface area contributed by atoms with Gasteiger partial charge in [-0.2, -0.15) is 0 Å². The van der Waals surface area contributed by atoms with Gasteiger partial charge in [0.05, 0.1) is 0 Å². The molecule has 4 nitrogen and oxygen atoms in total. The van der Waals surface area contributed by atoms with Crippen LogP contribution >= 0.6 is 0 Å². The summed E-state index contributed by atoms with van der Waals surface area (Å²) in [5.74, 6) is -0.226. The zero-order chi connectivity index (χ0) is 11.2. The molecule has 0 radical (unpaired) electrons. The molecule has 4 heteroatoms. The van der Waals surface area contributed by atoms with Crippen LogP contribution in [0.25, 0.3) is 0 Å². The van der Waals surface area contributed by atoms with E-state index in [2.05, 4.69) is 10.1 Å². The molecule has 0 aromatic carbocycles. The molecule has 0 spiro atoms. The standard InChI is InChI=1S/C10H19NO3/c1-10(2,3)7-11-8(12)5-6-9(13)14-4/h5-6,9,13H,7H2,1-4H3,(H,11,12)/b6-5+. The highest BCUT2D eigenvalue weighted by Gasteiger charge is 2.10. The molecule has 0 heterocycles. The minimum atomic E-state index is -1.02. The number of methoxy groups -OCH3 is 1. The summed E-state index contributed by atoms with van der Waals surface area (Å²) >= 11 is 0. The largest absolute Gasteiger partial charge is 0.365 e. The number of aliphatic hydroxyl groups is 1. The Morgan fingerprint density at radius 3 is 2.57 bits per heavy atom. The number of nitrogens with one attached hydrogen (secondary N) is 1. The van der Waals surface area contributed by atoms with Gasteiger partial charge in [0, 0.05) is 19.7 Å². The van der Waals surface area contributed by atoms with E-state index in [1.807, 2.05) is 20.8 Å². The molecule has 0 fully saturated rings. The average Bonchev–Trinajstić information content (AvgIpc) is 2.09. The van der Waals surface area contributed by atoms with E-state index in [0.29, 0.717) is 6.54 Å². The summed E-state index contributed by atoms with van der Waals surface area (Å²) in [7, 11) is 1.36. The lowest BCUT2D eigenvalue weighted by molar-refractivity contribution is -0.117. The molecule has 0 aromatic heterocycles. The first kappa shape index (κ1) is 13.1. The van der Waals surface area contributed by atoms with E-state index in [4.69, 9.17) is 5.11 Å². The van der Waals surface area contributed by atoms with Crippen LogP contribution in [0.1, 0.15) is 20.8 Å². The minimum Gasteiger partial charge on any atom is -0.365 e. The van der Waals surface area contributed by atoms with Crippen molar-refractivity contribution in [2.24, 2.45) is 5.41 Å². The lowest BCUT2D eigenvalue weighted by atomic mass is 9.97. The van der Waals surface area contributed by atoms with Crippen molar-refractivity contribution in [1.29, 1.82) is 0 Å². The predicted molar refractivity (Wildman–Crippen MR) is 54.6 cm³/mol. The van der Waals surface area contributed by atoms with Crippen LogP contribution in [0.4, 0.5) is 0 Å². The third-order valence-electron chi connectivity index (χ3n) is 1.45. The zero-order valence-corrected chi connectivity index (χ0v) is 9.20. The molecule has 0 aromatic rings. The van der Waals surface area contributed by atoms with Crippen molar-refractivity contribution in [3.8, 4) is 0 Å². The van der Waals surface area contributed by atoms with Crippen molar-refractivity contribution in [1.82, 2.24) is 5.32 Å². The van der Waals surface area contributed by atoms with Gasteiger partial charge in [-0.05, 0) is 11.5 Å². The highest BCUT2D eigenvalue weighted by atomic mass is 16.6. The molecule has 0 saturated carbocycles. The molecule has 2 N–H and O–H groups in total. The number of rotatable bonds is 4. The summed E-state index contributed by atoms with van der Waals surface area (Å²) in [4.78, 5) is 11.1. The van der Waals surface area contributed by atoms with Crippen molar-refractivity contribution in [2.45, 2.75) is 27.1 Å². The maximum atomic E-state index is 11.1. The van der Waals surface area contributed by atoms with Gasteiger partial charge in [-0.25, -0.2) is 0 Å². The predicted octanol–water partition coefficient (Wildman–Crippen LogP) is 0.670. The van der Waals surface area contributed by atoms with Crippen molar-refractivity contribution >= 4 is 5.91 Å². The molecular weight excluding hydrogens is 182 g/mol. The van der Waals surface area contributed by atoms with Gasteiger partial charge < -0.3 is 15.2 Å². The SMILES string of the molecule is COC(O)/C=C/C(=O)NCC(C)(C)C. The molecule has 0 saturated heterocycles. The summed E-state index contributed by atoms with van der Waals surface area (Å²) < 4.78 is 4.53. The van der Waals surface area contributed by atoms with E-state index in [-0.39, 0.29) is 11.3 Å². The number of carbonyl (C=O) groups is 1. The Morgan fingerprint density at radius 2 is 2.14 bits per heavy atom. The van der Waals surface area contributed by atoms with E-state index >= 15 is 0 Å². The molecule has 1 unspecified atom stereocenters. The van der Waals surface area contributed by atoms with Gasteiger partial charge in [0.2, 0.25) is 5.91 Å². The van der Waals surface area contributed by atoms with Crippen LogP contribution in [-0.4, -0.2) is 31.0 Å². The van der Waals surface area contributed by atoms with Crippen molar-refractivity contribution in [3.63, 3.8) is 0 Å². The molecule has 0 rings (SSSR count). The second-order valence-electron chi connectivity index (χ2n) is 4.26. The number of hydrogen-bond acceptors (Lipinski definition) is 3. The maximum Gasteiger partial charge on any atom is 0.243 e. The number of aliphatic hydroxyl groups excluding tert-OH is 1. The first-order chi connectivity index (χ1) is 6.35. The fourth-order valence-corrected chi connectivity index (χ4v) is 0.659. The smallest absolute Gasteiger partial charge is 0.243 e. The third kappa shape index (κ3) is 7.76. The normalized spacial score (nSPS) is 14.4. The Bertz CT molecular complexity index is 206. The zero-order valence-electron chi connectivity index (χ0n) is 9.20. The van der Waals surface area contributed by atoms with Crippen molar-refractivity contribution in [3.05, 3.63) is 12.2 Å². The quantitative estimate of drug-likeness (QED) is 0.519. The number of amides is 1. The Kier molecular flexibility index (Phi) is 5.42. The second kappa shape index (κ2) is 5.78. The van der Waals surface area contributed by atoms with Crippen LogP contribution in [0.2, 0.25) is 0 Å². The topological polar surface area (TPSA) is 58.6 Å². The van der Waals surface area contributed by atoms with Gasteiger partial charge in [-0.15, -0.1) is 0 Å². The van der Waals surface area contributed by atoms with E-state index in [1.165, 1.54) is 19.3 Å². The van der Waals surface area contributed by atoms with Gasteiger partial charge in [-0.1, -0.05) is 20.8 Å². The first-order valence-electron chi connectivity index (χ1n) is 4.52. The fourth-order valence-electron chi connectivity index (χ4n) is 0.659. The lowest BCUT2D eigenvalue weighted by Crippen LogP contribution is -2.31. The van der Waals surface area contributed by atoms with Gasteiger partial charge in [0.1, 0.15) is 0 Å². The number of hydrogen-bond donors (Lipinski definition) is 2. The van der Waals surface area contributed by atoms with Crippen molar-refractivity contribution in [2.75, 3.05) is 13.7 Å². The highest BCUT2D eigenvalue weighted by molar-refractivity contribution is 5.87. The van der Waals surface area contributed by atoms with Crippen LogP contribution in [0.15, 0.2) is 12.2 Å². The fraction of sp³-hybridized carbons (Fsp3) is 0.700. The molecule has 0 bridgehead atoms. The summed E-state index contributed by atoms with van der Waals surface area (Å²) in [6, 6.07) is 0. The minimum absolute atomic E-state index is 0.0589. The molecule has 1 amide bonds. The molecule has 1 atom stereocenters. The van der Waals surface area contributed by atoms with Gasteiger partial charge in [0.25, 0.3) is 0 Å². The lowest BCUT2D eigenvalue weighted by Gasteiger charge is -2.17. The van der Waals surface area contributed by atoms with E-state index in [1.54, 1.807) is 0 Å². The average molecular weight is 201 g/mol. The number of carbonyl (C=O) groups excluding carboxylic acids is 1. The molecule has 0 aliphatic heterocycles. The summed E-state index contributed by atoms with van der Waals surface area (Å²) in [6.45, 7) is 6.68. The van der Waals surface area contributed by atoms with Crippen LogP contribution in [0, 0.1) is 5.41 Å². The molecule has 82 valence electrons. The van der Waals surface area contributed by atoms with Crippen LogP contribution < -0.4 is 5.32 Å². The van der Waals surface area contributed by atoms with Crippen LogP contribution in [-0.2, 0) is 9.53 Å². The first-order valence-corrected chi connectivity index (χ1v) is 4.52. The Hall–Kier alpha value is -0.870. The van der Waals surface area contributed by atoms with Gasteiger partial charge in [0.15, 0.2) is 6.29 Å². The second-order valence-corrected chi connectivity index (χ2v) is 4.26. The summed E-state index contributed by atoms with van der Waals surface area (Å²) in [6.07, 6.45) is 1.54. The van der Waals surface area contributed by atoms with E-state index in [0.717, 1.165) is 0 Å². The number of ether oxygens (including phenoxy) is 1. The van der Waals surface area contributed by atoms with E-state index in [9.17, 15) is 4.79 Å². The highest BCUT2D eigenvalue weighted by Crippen LogP contribution is 2.09. The van der Waals surface area contributed by atoms with Gasteiger partial charge in [-0.3, -0.25) is 4.79 Å². The van der Waals surface area contributed by atoms with E-state index < -0.39 is 6.29 Å². The molecular formula is C10H19NO3. The van der Waals surface area contributed by atoms with Crippen LogP contribution in [0.5, 0.6) is 0 Å². The summed E-state index contributed by atoms with van der Waals surface area (Å²) in [5, 5.41) is 11.7. The Balaban J connectivity index is 3.82.